The van der Waals surface area contributed by atoms with Crippen molar-refractivity contribution in [3.8, 4) is 0 Å². The molecule has 0 bridgehead atoms. The van der Waals surface area contributed by atoms with Crippen LogP contribution in [0.15, 0.2) is 0 Å². The third kappa shape index (κ3) is 3.06. The lowest BCUT2D eigenvalue weighted by atomic mass is 9.88. The maximum absolute atomic E-state index is 6.15. The molecule has 0 amide bonds. The first-order valence-electron chi connectivity index (χ1n) is 9.07. The van der Waals surface area contributed by atoms with Crippen LogP contribution in [0.4, 0.5) is 0 Å². The van der Waals surface area contributed by atoms with Gasteiger partial charge in [0.25, 0.3) is 0 Å². The molecule has 5 nitrogen and oxygen atoms in total. The van der Waals surface area contributed by atoms with Crippen LogP contribution < -0.4 is 0 Å². The van der Waals surface area contributed by atoms with Gasteiger partial charge >= 0.3 is 0 Å². The van der Waals surface area contributed by atoms with Gasteiger partial charge in [0.05, 0.1) is 19.3 Å². The molecule has 1 aromatic heterocycles. The van der Waals surface area contributed by atoms with Gasteiger partial charge in [0.2, 0.25) is 0 Å². The molecule has 1 aromatic rings. The predicted octanol–water partition coefficient (Wildman–Crippen LogP) is 2.57. The van der Waals surface area contributed by atoms with Crippen LogP contribution in [0, 0.1) is 5.92 Å². The summed E-state index contributed by atoms with van der Waals surface area (Å²) in [7, 11) is 0. The van der Waals surface area contributed by atoms with Crippen LogP contribution in [0.3, 0.4) is 0 Å². The van der Waals surface area contributed by atoms with Gasteiger partial charge in [-0.25, -0.2) is 0 Å². The molecule has 1 aliphatic heterocycles. The summed E-state index contributed by atoms with van der Waals surface area (Å²) < 4.78 is 8.51. The van der Waals surface area contributed by atoms with Gasteiger partial charge in [0, 0.05) is 25.6 Å². The zero-order chi connectivity index (χ0) is 14.9. The first-order chi connectivity index (χ1) is 10.8. The predicted molar refractivity (Wildman–Crippen MR) is 84.6 cm³/mol. The van der Waals surface area contributed by atoms with Crippen LogP contribution >= 0.6 is 0 Å². The summed E-state index contributed by atoms with van der Waals surface area (Å²) in [6.45, 7) is 7.31. The Morgan fingerprint density at radius 2 is 1.95 bits per heavy atom. The summed E-state index contributed by atoms with van der Waals surface area (Å²) in [5.41, 5.74) is 0. The Balaban J connectivity index is 1.26. The Morgan fingerprint density at radius 3 is 2.77 bits per heavy atom. The third-order valence-electron chi connectivity index (χ3n) is 5.58. The maximum Gasteiger partial charge on any atom is 0.147 e. The van der Waals surface area contributed by atoms with Gasteiger partial charge in [-0.05, 0) is 31.6 Å². The van der Waals surface area contributed by atoms with Gasteiger partial charge in [-0.3, -0.25) is 4.90 Å². The highest BCUT2D eigenvalue weighted by Crippen LogP contribution is 2.39. The standard InChI is InChI=1S/C17H28N4O/c1-13-4-2-3-5-15(13)22-11-10-20-8-9-21-16(12-20)18-19-17(21)14-6-7-14/h13-15H,2-12H2,1H3/t13-,15+/m1/s1. The number of ether oxygens (including phenoxy) is 1. The zero-order valence-electron chi connectivity index (χ0n) is 13.7. The lowest BCUT2D eigenvalue weighted by Crippen LogP contribution is -2.37. The molecule has 2 atom stereocenters. The summed E-state index contributed by atoms with van der Waals surface area (Å²) in [4.78, 5) is 2.47. The molecule has 0 radical (unpaired) electrons. The minimum absolute atomic E-state index is 0.490. The molecule has 3 aliphatic rings. The van der Waals surface area contributed by atoms with E-state index in [9.17, 15) is 0 Å². The van der Waals surface area contributed by atoms with E-state index in [1.165, 1.54) is 44.3 Å². The molecule has 2 fully saturated rings. The van der Waals surface area contributed by atoms with E-state index >= 15 is 0 Å². The highest BCUT2D eigenvalue weighted by atomic mass is 16.5. The second kappa shape index (κ2) is 6.28. The van der Waals surface area contributed by atoms with Crippen molar-refractivity contribution in [2.75, 3.05) is 19.7 Å². The van der Waals surface area contributed by atoms with Crippen molar-refractivity contribution in [3.63, 3.8) is 0 Å². The Morgan fingerprint density at radius 1 is 1.09 bits per heavy atom. The fourth-order valence-electron chi connectivity index (χ4n) is 3.93. The van der Waals surface area contributed by atoms with Gasteiger partial charge in [-0.15, -0.1) is 10.2 Å². The van der Waals surface area contributed by atoms with Crippen molar-refractivity contribution in [2.45, 2.75) is 70.6 Å². The fourth-order valence-corrected chi connectivity index (χ4v) is 3.93. The molecule has 2 saturated carbocycles. The van der Waals surface area contributed by atoms with E-state index in [2.05, 4.69) is 26.6 Å². The first kappa shape index (κ1) is 14.6. The van der Waals surface area contributed by atoms with E-state index in [-0.39, 0.29) is 0 Å². The zero-order valence-corrected chi connectivity index (χ0v) is 13.7. The summed E-state index contributed by atoms with van der Waals surface area (Å²) in [5.74, 6) is 3.82. The molecular weight excluding hydrogens is 276 g/mol. The highest BCUT2D eigenvalue weighted by Gasteiger charge is 2.32. The van der Waals surface area contributed by atoms with Crippen LogP contribution in [0.2, 0.25) is 0 Å². The Labute approximate surface area is 133 Å². The van der Waals surface area contributed by atoms with Crippen molar-refractivity contribution in [1.29, 1.82) is 0 Å². The normalized spacial score (nSPS) is 29.5. The smallest absolute Gasteiger partial charge is 0.147 e. The van der Waals surface area contributed by atoms with E-state index in [0.717, 1.165) is 44.5 Å². The summed E-state index contributed by atoms with van der Waals surface area (Å²) in [5, 5.41) is 8.82. The van der Waals surface area contributed by atoms with Gasteiger partial charge in [-0.1, -0.05) is 19.8 Å². The largest absolute Gasteiger partial charge is 0.377 e. The average Bonchev–Trinajstić information content (AvgIpc) is 3.29. The second-order valence-electron chi connectivity index (χ2n) is 7.35. The van der Waals surface area contributed by atoms with Crippen molar-refractivity contribution < 1.29 is 4.74 Å². The van der Waals surface area contributed by atoms with Crippen molar-refractivity contribution in [3.05, 3.63) is 11.6 Å². The van der Waals surface area contributed by atoms with E-state index in [1.807, 2.05) is 0 Å². The van der Waals surface area contributed by atoms with E-state index in [1.54, 1.807) is 0 Å². The van der Waals surface area contributed by atoms with E-state index in [0.29, 0.717) is 12.0 Å². The maximum atomic E-state index is 6.15. The summed E-state index contributed by atoms with van der Waals surface area (Å²) in [6.07, 6.45) is 8.40. The van der Waals surface area contributed by atoms with Crippen LogP contribution in [-0.4, -0.2) is 45.5 Å². The topological polar surface area (TPSA) is 43.2 Å². The molecule has 2 heterocycles. The van der Waals surface area contributed by atoms with E-state index < -0.39 is 0 Å². The SMILES string of the molecule is C[C@@H]1CCCC[C@@H]1OCCN1CCn2c(nnc2C2CC2)C1. The molecule has 0 N–H and O–H groups in total. The first-order valence-corrected chi connectivity index (χ1v) is 9.07. The van der Waals surface area contributed by atoms with Gasteiger partial charge in [0.1, 0.15) is 11.6 Å². The van der Waals surface area contributed by atoms with Crippen LogP contribution in [0.1, 0.15) is 63.0 Å². The molecule has 2 aliphatic carbocycles. The molecule has 0 saturated heterocycles. The number of rotatable bonds is 5. The number of nitrogens with zero attached hydrogens (tertiary/aromatic N) is 4. The molecule has 0 unspecified atom stereocenters. The Bertz CT molecular complexity index is 511. The average molecular weight is 304 g/mol. The molecule has 0 spiro atoms. The molecular formula is C17H28N4O. The van der Waals surface area contributed by atoms with Crippen LogP contribution in [-0.2, 0) is 17.8 Å². The van der Waals surface area contributed by atoms with Crippen molar-refractivity contribution in [2.24, 2.45) is 5.92 Å². The Kier molecular flexibility index (Phi) is 4.18. The highest BCUT2D eigenvalue weighted by molar-refractivity contribution is 5.09. The van der Waals surface area contributed by atoms with Gasteiger partial charge in [0.15, 0.2) is 0 Å². The number of hydrogen-bond donors (Lipinski definition) is 0. The van der Waals surface area contributed by atoms with E-state index in [4.69, 9.17) is 4.74 Å². The minimum atomic E-state index is 0.490. The molecule has 122 valence electrons. The lowest BCUT2D eigenvalue weighted by molar-refractivity contribution is -0.0161. The van der Waals surface area contributed by atoms with Crippen molar-refractivity contribution >= 4 is 0 Å². The summed E-state index contributed by atoms with van der Waals surface area (Å²) in [6, 6.07) is 0. The second-order valence-corrected chi connectivity index (χ2v) is 7.35. The number of fused-ring (bicyclic) bond motifs is 1. The minimum Gasteiger partial charge on any atom is -0.377 e. The number of hydrogen-bond acceptors (Lipinski definition) is 4. The van der Waals surface area contributed by atoms with Crippen LogP contribution in [0.25, 0.3) is 0 Å². The third-order valence-corrected chi connectivity index (χ3v) is 5.58. The monoisotopic (exact) mass is 304 g/mol. The molecule has 5 heteroatoms. The summed E-state index contributed by atoms with van der Waals surface area (Å²) >= 11 is 0. The lowest BCUT2D eigenvalue weighted by Gasteiger charge is -2.31. The number of aromatic nitrogens is 3. The Hall–Kier alpha value is -0.940. The van der Waals surface area contributed by atoms with Gasteiger partial charge < -0.3 is 9.30 Å². The fraction of sp³-hybridized carbons (Fsp3) is 0.882. The molecule has 22 heavy (non-hydrogen) atoms. The van der Waals surface area contributed by atoms with Gasteiger partial charge in [-0.2, -0.15) is 0 Å². The van der Waals surface area contributed by atoms with Crippen molar-refractivity contribution in [1.82, 2.24) is 19.7 Å². The quantitative estimate of drug-likeness (QED) is 0.838. The molecule has 4 rings (SSSR count). The molecule has 0 aromatic carbocycles. The van der Waals surface area contributed by atoms with Crippen LogP contribution in [0.5, 0.6) is 0 Å².